The van der Waals surface area contributed by atoms with Gasteiger partial charge in [-0.05, 0) is 25.1 Å². The summed E-state index contributed by atoms with van der Waals surface area (Å²) in [6, 6.07) is 2.92. The van der Waals surface area contributed by atoms with Crippen molar-refractivity contribution in [3.63, 3.8) is 0 Å². The standard InChI is InChI=1S/C20H18F6N4O4/c1-9(20(24,25)26)34-15-7-14(30-19(33)29(2)16(8-31)28-30)13(23)6-10(15)18(32)27-17-11(21)4-3-5-12(17)22/h3-7,9,16,28,31H,8H2,1-2H3,(H,27,32)/t9-,16?/m0/s1. The minimum absolute atomic E-state index is 0.461. The van der Waals surface area contributed by atoms with Gasteiger partial charge in [0, 0.05) is 13.1 Å². The first-order valence-corrected chi connectivity index (χ1v) is 9.61. The number of aliphatic hydroxyl groups excluding tert-OH is 1. The third-order valence-electron chi connectivity index (χ3n) is 4.91. The number of halogens is 6. The Hall–Kier alpha value is -3.52. The van der Waals surface area contributed by atoms with Gasteiger partial charge >= 0.3 is 12.2 Å². The molecule has 0 spiro atoms. The fourth-order valence-electron chi connectivity index (χ4n) is 2.96. The number of anilines is 2. The number of amides is 3. The van der Waals surface area contributed by atoms with Gasteiger partial charge < -0.3 is 20.1 Å². The average Bonchev–Trinajstić information content (AvgIpc) is 3.04. The van der Waals surface area contributed by atoms with Gasteiger partial charge in [0.1, 0.15) is 40.7 Å². The number of hydrazine groups is 1. The molecule has 1 saturated heterocycles. The minimum Gasteiger partial charge on any atom is -0.480 e. The topological polar surface area (TPSA) is 94.1 Å². The number of para-hydroxylation sites is 1. The summed E-state index contributed by atoms with van der Waals surface area (Å²) < 4.78 is 86.9. The van der Waals surface area contributed by atoms with Crippen molar-refractivity contribution in [3.05, 3.63) is 53.3 Å². The lowest BCUT2D eigenvalue weighted by atomic mass is 10.1. The Morgan fingerprint density at radius 3 is 2.35 bits per heavy atom. The Morgan fingerprint density at radius 2 is 1.82 bits per heavy atom. The molecule has 3 amide bonds. The van der Waals surface area contributed by atoms with Gasteiger partial charge in [-0.15, -0.1) is 0 Å². The van der Waals surface area contributed by atoms with Crippen LogP contribution in [0.2, 0.25) is 0 Å². The summed E-state index contributed by atoms with van der Waals surface area (Å²) in [4.78, 5) is 26.0. The van der Waals surface area contributed by atoms with Crippen LogP contribution in [0, 0.1) is 17.5 Å². The third kappa shape index (κ3) is 4.87. The number of benzene rings is 2. The summed E-state index contributed by atoms with van der Waals surface area (Å²) in [5.74, 6) is -5.80. The summed E-state index contributed by atoms with van der Waals surface area (Å²) in [5, 5.41) is 11.8. The molecular formula is C20H18F6N4O4. The number of likely N-dealkylation sites (N-methyl/N-ethyl adjacent to an activating group) is 1. The summed E-state index contributed by atoms with van der Waals surface area (Å²) in [7, 11) is 1.28. The van der Waals surface area contributed by atoms with Crippen LogP contribution in [0.3, 0.4) is 0 Å². The summed E-state index contributed by atoms with van der Waals surface area (Å²) in [6.07, 6.45) is -8.32. The molecule has 34 heavy (non-hydrogen) atoms. The molecule has 0 saturated carbocycles. The number of alkyl halides is 3. The lowest BCUT2D eigenvalue weighted by Gasteiger charge is -2.22. The number of nitrogens with zero attached hydrogens (tertiary/aromatic N) is 2. The third-order valence-corrected chi connectivity index (χ3v) is 4.91. The number of carbonyl (C=O) groups is 2. The van der Waals surface area contributed by atoms with E-state index < -0.39 is 77.1 Å². The van der Waals surface area contributed by atoms with Crippen molar-refractivity contribution in [3.8, 4) is 5.75 Å². The predicted octanol–water partition coefficient (Wildman–Crippen LogP) is 3.38. The number of ether oxygens (including phenoxy) is 1. The number of aliphatic hydroxyl groups is 1. The number of hydrogen-bond acceptors (Lipinski definition) is 5. The molecule has 1 aliphatic heterocycles. The van der Waals surface area contributed by atoms with Crippen LogP contribution >= 0.6 is 0 Å². The van der Waals surface area contributed by atoms with Crippen molar-refractivity contribution in [2.75, 3.05) is 24.0 Å². The lowest BCUT2D eigenvalue weighted by molar-refractivity contribution is -0.189. The van der Waals surface area contributed by atoms with E-state index in [4.69, 9.17) is 4.74 Å². The second-order valence-corrected chi connectivity index (χ2v) is 7.21. The Bertz CT molecular complexity index is 1090. The fraction of sp³-hybridized carbons (Fsp3) is 0.300. The zero-order chi connectivity index (χ0) is 25.4. The van der Waals surface area contributed by atoms with Crippen LogP contribution in [-0.2, 0) is 0 Å². The summed E-state index contributed by atoms with van der Waals surface area (Å²) in [5.41, 5.74) is 0.107. The molecule has 0 aromatic heterocycles. The number of nitrogens with one attached hydrogen (secondary N) is 2. The van der Waals surface area contributed by atoms with Crippen molar-refractivity contribution in [1.82, 2.24) is 10.3 Å². The smallest absolute Gasteiger partial charge is 0.425 e. The quantitative estimate of drug-likeness (QED) is 0.538. The highest BCUT2D eigenvalue weighted by atomic mass is 19.4. The highest BCUT2D eigenvalue weighted by Gasteiger charge is 2.40. The van der Waals surface area contributed by atoms with Gasteiger partial charge in [0.05, 0.1) is 12.2 Å². The second kappa shape index (κ2) is 9.38. The van der Waals surface area contributed by atoms with Gasteiger partial charge in [-0.2, -0.15) is 13.2 Å². The monoisotopic (exact) mass is 492 g/mol. The van der Waals surface area contributed by atoms with E-state index in [0.29, 0.717) is 24.1 Å². The summed E-state index contributed by atoms with van der Waals surface area (Å²) in [6.45, 7) is 0.0552. The van der Waals surface area contributed by atoms with Crippen LogP contribution in [0.25, 0.3) is 0 Å². The Labute approximate surface area is 188 Å². The molecule has 184 valence electrons. The van der Waals surface area contributed by atoms with E-state index in [1.165, 1.54) is 7.05 Å². The van der Waals surface area contributed by atoms with E-state index in [0.717, 1.165) is 23.1 Å². The van der Waals surface area contributed by atoms with Crippen LogP contribution in [0.1, 0.15) is 17.3 Å². The molecule has 8 nitrogen and oxygen atoms in total. The van der Waals surface area contributed by atoms with E-state index in [1.807, 2.05) is 5.32 Å². The average molecular weight is 492 g/mol. The molecule has 0 radical (unpaired) electrons. The molecular weight excluding hydrogens is 474 g/mol. The molecule has 3 rings (SSSR count). The minimum atomic E-state index is -4.89. The van der Waals surface area contributed by atoms with Gasteiger partial charge in [0.25, 0.3) is 5.91 Å². The van der Waals surface area contributed by atoms with Gasteiger partial charge in [-0.3, -0.25) is 4.79 Å². The molecule has 1 heterocycles. The molecule has 2 atom stereocenters. The van der Waals surface area contributed by atoms with E-state index in [9.17, 15) is 41.0 Å². The predicted molar refractivity (Wildman–Crippen MR) is 107 cm³/mol. The van der Waals surface area contributed by atoms with E-state index in [1.54, 1.807) is 0 Å². The van der Waals surface area contributed by atoms with E-state index >= 15 is 0 Å². The van der Waals surface area contributed by atoms with Crippen molar-refractivity contribution < 1.29 is 45.8 Å². The van der Waals surface area contributed by atoms with Crippen LogP contribution in [0.15, 0.2) is 30.3 Å². The normalized spacial score (nSPS) is 17.2. The van der Waals surface area contributed by atoms with Crippen LogP contribution in [-0.4, -0.2) is 54.0 Å². The highest BCUT2D eigenvalue weighted by molar-refractivity contribution is 6.07. The molecule has 3 N–H and O–H groups in total. The van der Waals surface area contributed by atoms with Crippen LogP contribution < -0.4 is 20.5 Å². The molecule has 1 aliphatic rings. The van der Waals surface area contributed by atoms with Gasteiger partial charge in [0.15, 0.2) is 6.10 Å². The molecule has 14 heteroatoms. The Balaban J connectivity index is 2.06. The van der Waals surface area contributed by atoms with E-state index in [2.05, 4.69) is 5.43 Å². The first-order valence-electron chi connectivity index (χ1n) is 9.61. The zero-order valence-electron chi connectivity index (χ0n) is 17.6. The maximum atomic E-state index is 14.9. The van der Waals surface area contributed by atoms with Gasteiger partial charge in [-0.25, -0.2) is 28.4 Å². The first-order chi connectivity index (χ1) is 15.8. The summed E-state index contributed by atoms with van der Waals surface area (Å²) >= 11 is 0. The van der Waals surface area contributed by atoms with Gasteiger partial charge in [0.2, 0.25) is 0 Å². The maximum absolute atomic E-state index is 14.9. The molecule has 2 aromatic carbocycles. The first kappa shape index (κ1) is 25.1. The van der Waals surface area contributed by atoms with Crippen LogP contribution in [0.4, 0.5) is 42.5 Å². The van der Waals surface area contributed by atoms with Crippen molar-refractivity contribution >= 4 is 23.3 Å². The zero-order valence-corrected chi connectivity index (χ0v) is 17.6. The number of carbonyl (C=O) groups excluding carboxylic acids is 2. The SMILES string of the molecule is C[C@H](Oc1cc(N2NC(CO)N(C)C2=O)c(F)cc1C(=O)Nc1c(F)cccc1F)C(F)(F)F. The Kier molecular flexibility index (Phi) is 6.93. The highest BCUT2D eigenvalue weighted by Crippen LogP contribution is 2.34. The Morgan fingerprint density at radius 1 is 1.21 bits per heavy atom. The molecule has 2 aromatic rings. The second-order valence-electron chi connectivity index (χ2n) is 7.21. The lowest BCUT2D eigenvalue weighted by Crippen LogP contribution is -2.40. The maximum Gasteiger partial charge on any atom is 0.425 e. The van der Waals surface area contributed by atoms with Crippen LogP contribution in [0.5, 0.6) is 5.75 Å². The fourth-order valence-corrected chi connectivity index (χ4v) is 2.96. The molecule has 1 fully saturated rings. The van der Waals surface area contributed by atoms with Gasteiger partial charge in [-0.1, -0.05) is 6.07 Å². The largest absolute Gasteiger partial charge is 0.480 e. The van der Waals surface area contributed by atoms with Crippen molar-refractivity contribution in [2.45, 2.75) is 25.4 Å². The number of hydrogen-bond donors (Lipinski definition) is 3. The van der Waals surface area contributed by atoms with E-state index in [-0.39, 0.29) is 0 Å². The molecule has 0 aliphatic carbocycles. The molecule has 0 bridgehead atoms. The molecule has 1 unspecified atom stereocenters. The number of urea groups is 1. The van der Waals surface area contributed by atoms with Crippen molar-refractivity contribution in [1.29, 1.82) is 0 Å². The number of rotatable bonds is 6. The van der Waals surface area contributed by atoms with Crippen molar-refractivity contribution in [2.24, 2.45) is 0 Å².